The number of benzene rings is 3. The smallest absolute Gasteiger partial charge is 0.345 e. The first-order valence-corrected chi connectivity index (χ1v) is 14.9. The molecule has 0 unspecified atom stereocenters. The lowest BCUT2D eigenvalue weighted by molar-refractivity contribution is -0.145. The zero-order valence-electron chi connectivity index (χ0n) is 24.4. The Morgan fingerprint density at radius 3 is 2.17 bits per heavy atom. The zero-order chi connectivity index (χ0) is 28.9. The van der Waals surface area contributed by atoms with Crippen LogP contribution >= 0.6 is 0 Å². The van der Waals surface area contributed by atoms with Crippen molar-refractivity contribution in [2.24, 2.45) is 0 Å². The molecule has 0 aliphatic heterocycles. The molecule has 0 fully saturated rings. The average molecular weight is 554 g/mol. The van der Waals surface area contributed by atoms with E-state index in [9.17, 15) is 9.90 Å². The molecule has 41 heavy (non-hydrogen) atoms. The molecule has 0 aliphatic carbocycles. The lowest BCUT2D eigenvalue weighted by Gasteiger charge is -2.16. The topological polar surface area (TPSA) is 60.7 Å². The van der Waals surface area contributed by atoms with E-state index in [1.54, 1.807) is 0 Å². The molecule has 0 saturated carbocycles. The molecule has 4 aromatic rings. The second kappa shape index (κ2) is 15.7. The van der Waals surface area contributed by atoms with Crippen molar-refractivity contribution in [2.75, 3.05) is 6.61 Å². The number of hydrogen-bond donors (Lipinski definition) is 1. The van der Waals surface area contributed by atoms with Gasteiger partial charge in [-0.15, -0.1) is 0 Å². The van der Waals surface area contributed by atoms with Crippen LogP contribution < -0.4 is 9.47 Å². The first-order chi connectivity index (χ1) is 20.0. The molecule has 1 heterocycles. The Hall–Kier alpha value is -3.99. The van der Waals surface area contributed by atoms with Gasteiger partial charge >= 0.3 is 5.97 Å². The summed E-state index contributed by atoms with van der Waals surface area (Å²) in [7, 11) is 0. The van der Waals surface area contributed by atoms with Gasteiger partial charge in [-0.05, 0) is 85.0 Å². The van der Waals surface area contributed by atoms with Crippen molar-refractivity contribution < 1.29 is 19.4 Å². The SMILES string of the molecule is CCCCCCCCOc1ccc(CCn2c(C)ccc2-c2ccc(O[C@H](Cc3ccccc3)C(=O)O)cc2)cc1. The fraction of sp³-hybridized carbons (Fsp3) is 0.361. The van der Waals surface area contributed by atoms with Crippen LogP contribution in [0.4, 0.5) is 0 Å². The van der Waals surface area contributed by atoms with Crippen molar-refractivity contribution in [3.8, 4) is 22.8 Å². The van der Waals surface area contributed by atoms with E-state index >= 15 is 0 Å². The van der Waals surface area contributed by atoms with Crippen molar-refractivity contribution in [1.29, 1.82) is 0 Å². The molecular formula is C36H43NO4. The molecule has 1 atom stereocenters. The van der Waals surface area contributed by atoms with E-state index in [1.807, 2.05) is 54.6 Å². The van der Waals surface area contributed by atoms with Gasteiger partial charge in [0, 0.05) is 24.4 Å². The molecule has 1 N–H and O–H groups in total. The van der Waals surface area contributed by atoms with Gasteiger partial charge in [-0.1, -0.05) is 81.5 Å². The van der Waals surface area contributed by atoms with E-state index < -0.39 is 12.1 Å². The minimum atomic E-state index is -0.972. The van der Waals surface area contributed by atoms with Crippen LogP contribution in [0.1, 0.15) is 62.3 Å². The van der Waals surface area contributed by atoms with Crippen LogP contribution in [0, 0.1) is 6.92 Å². The highest BCUT2D eigenvalue weighted by molar-refractivity contribution is 5.73. The summed E-state index contributed by atoms with van der Waals surface area (Å²) in [5, 5.41) is 9.68. The van der Waals surface area contributed by atoms with Gasteiger partial charge in [-0.2, -0.15) is 0 Å². The number of carboxylic acids is 1. The van der Waals surface area contributed by atoms with Gasteiger partial charge in [0.15, 0.2) is 6.10 Å². The number of hydrogen-bond acceptors (Lipinski definition) is 3. The molecule has 4 rings (SSSR count). The Kier molecular flexibility index (Phi) is 11.5. The first kappa shape index (κ1) is 30.0. The number of carbonyl (C=O) groups is 1. The summed E-state index contributed by atoms with van der Waals surface area (Å²) in [4.78, 5) is 11.8. The molecule has 216 valence electrons. The van der Waals surface area contributed by atoms with Crippen LogP contribution in [0.3, 0.4) is 0 Å². The van der Waals surface area contributed by atoms with Crippen molar-refractivity contribution in [3.63, 3.8) is 0 Å². The largest absolute Gasteiger partial charge is 0.494 e. The summed E-state index contributed by atoms with van der Waals surface area (Å²) in [5.74, 6) is 0.516. The third-order valence-electron chi connectivity index (χ3n) is 7.48. The highest BCUT2D eigenvalue weighted by Crippen LogP contribution is 2.26. The first-order valence-electron chi connectivity index (χ1n) is 14.9. The highest BCUT2D eigenvalue weighted by atomic mass is 16.5. The Morgan fingerprint density at radius 2 is 1.46 bits per heavy atom. The molecule has 3 aromatic carbocycles. The fourth-order valence-electron chi connectivity index (χ4n) is 5.06. The average Bonchev–Trinajstić information content (AvgIpc) is 3.36. The lowest BCUT2D eigenvalue weighted by atomic mass is 10.1. The number of nitrogens with zero attached hydrogens (tertiary/aromatic N) is 1. The van der Waals surface area contributed by atoms with Crippen LogP contribution in [0.2, 0.25) is 0 Å². The van der Waals surface area contributed by atoms with Gasteiger partial charge in [0.05, 0.1) is 6.61 Å². The van der Waals surface area contributed by atoms with Gasteiger partial charge < -0.3 is 19.1 Å². The van der Waals surface area contributed by atoms with E-state index in [0.717, 1.165) is 48.6 Å². The Labute approximate surface area is 244 Å². The molecule has 5 heteroatoms. The number of aromatic nitrogens is 1. The van der Waals surface area contributed by atoms with Crippen molar-refractivity contribution in [2.45, 2.75) is 77.9 Å². The third-order valence-corrected chi connectivity index (χ3v) is 7.48. The molecule has 0 aliphatic rings. The van der Waals surface area contributed by atoms with Crippen LogP contribution in [0.15, 0.2) is 91.0 Å². The van der Waals surface area contributed by atoms with Crippen molar-refractivity contribution in [1.82, 2.24) is 4.57 Å². The van der Waals surface area contributed by atoms with Gasteiger partial charge in [-0.25, -0.2) is 4.79 Å². The minimum Gasteiger partial charge on any atom is -0.494 e. The number of aryl methyl sites for hydroxylation is 2. The zero-order valence-corrected chi connectivity index (χ0v) is 24.4. The van der Waals surface area contributed by atoms with E-state index in [0.29, 0.717) is 12.2 Å². The fourth-order valence-corrected chi connectivity index (χ4v) is 5.06. The van der Waals surface area contributed by atoms with E-state index in [1.165, 1.54) is 43.4 Å². The summed E-state index contributed by atoms with van der Waals surface area (Å²) in [6.45, 7) is 6.02. The standard InChI is InChI=1S/C36H43NO4/c1-3-4-5-6-7-11-26-40-32-19-15-29(16-20-32)24-25-37-28(2)14-23-34(37)31-17-21-33(22-18-31)41-35(36(38)39)27-30-12-9-8-10-13-30/h8-10,12-23,35H,3-7,11,24-27H2,1-2H3,(H,38,39)/t35-/m1/s1. The van der Waals surface area contributed by atoms with Crippen LogP contribution in [0.25, 0.3) is 11.3 Å². The highest BCUT2D eigenvalue weighted by Gasteiger charge is 2.20. The summed E-state index contributed by atoms with van der Waals surface area (Å²) < 4.78 is 14.1. The van der Waals surface area contributed by atoms with Crippen molar-refractivity contribution >= 4 is 5.97 Å². The number of rotatable bonds is 17. The maximum absolute atomic E-state index is 11.8. The number of unbranched alkanes of at least 4 members (excludes halogenated alkanes) is 5. The molecule has 1 aromatic heterocycles. The summed E-state index contributed by atoms with van der Waals surface area (Å²) in [5.41, 5.74) is 5.61. The second-order valence-corrected chi connectivity index (χ2v) is 10.7. The number of aliphatic carboxylic acids is 1. The Bertz CT molecular complexity index is 1330. The van der Waals surface area contributed by atoms with Gasteiger partial charge in [0.1, 0.15) is 11.5 Å². The second-order valence-electron chi connectivity index (χ2n) is 10.7. The van der Waals surface area contributed by atoms with Gasteiger partial charge in [-0.3, -0.25) is 0 Å². The normalized spacial score (nSPS) is 11.8. The van der Waals surface area contributed by atoms with Crippen LogP contribution in [-0.2, 0) is 24.2 Å². The molecule has 0 radical (unpaired) electrons. The molecular weight excluding hydrogens is 510 g/mol. The summed E-state index contributed by atoms with van der Waals surface area (Å²) >= 11 is 0. The number of ether oxygens (including phenoxy) is 2. The Balaban J connectivity index is 1.30. The maximum atomic E-state index is 11.8. The summed E-state index contributed by atoms with van der Waals surface area (Å²) in [6.07, 6.45) is 7.88. The monoisotopic (exact) mass is 553 g/mol. The molecule has 0 amide bonds. The van der Waals surface area contributed by atoms with E-state index in [4.69, 9.17) is 9.47 Å². The molecule has 0 saturated heterocycles. The predicted octanol–water partition coefficient (Wildman–Crippen LogP) is 8.52. The summed E-state index contributed by atoms with van der Waals surface area (Å²) in [6, 6.07) is 30.0. The van der Waals surface area contributed by atoms with Gasteiger partial charge in [0.2, 0.25) is 0 Å². The predicted molar refractivity (Wildman–Crippen MR) is 166 cm³/mol. The van der Waals surface area contributed by atoms with Crippen molar-refractivity contribution in [3.05, 3.63) is 108 Å². The maximum Gasteiger partial charge on any atom is 0.345 e. The minimum absolute atomic E-state index is 0.312. The lowest BCUT2D eigenvalue weighted by Crippen LogP contribution is -2.29. The third kappa shape index (κ3) is 9.28. The molecule has 5 nitrogen and oxygen atoms in total. The van der Waals surface area contributed by atoms with Crippen LogP contribution in [0.5, 0.6) is 11.5 Å². The van der Waals surface area contributed by atoms with Gasteiger partial charge in [0.25, 0.3) is 0 Å². The van der Waals surface area contributed by atoms with Crippen LogP contribution in [-0.4, -0.2) is 28.4 Å². The van der Waals surface area contributed by atoms with E-state index in [2.05, 4.69) is 54.8 Å². The quantitative estimate of drug-likeness (QED) is 0.133. The van der Waals surface area contributed by atoms with E-state index in [-0.39, 0.29) is 0 Å². The Morgan fingerprint density at radius 1 is 0.780 bits per heavy atom. The molecule has 0 bridgehead atoms. The number of carboxylic acid groups (broad SMARTS) is 1. The molecule has 0 spiro atoms.